The van der Waals surface area contributed by atoms with E-state index >= 15 is 0 Å². The van der Waals surface area contributed by atoms with Gasteiger partial charge in [-0.25, -0.2) is 0 Å². The van der Waals surface area contributed by atoms with Gasteiger partial charge < -0.3 is 64.2 Å². The maximum absolute atomic E-state index is 12.8. The van der Waals surface area contributed by atoms with Crippen LogP contribution in [-0.4, -0.2) is 142 Å². The van der Waals surface area contributed by atoms with Crippen molar-refractivity contribution in [2.24, 2.45) is 0 Å². The highest BCUT2D eigenvalue weighted by Crippen LogP contribution is 2.26. The normalized spacial score (nSPS) is 28.7. The summed E-state index contributed by atoms with van der Waals surface area (Å²) in [6, 6.07) is 0. The van der Waals surface area contributed by atoms with Crippen molar-refractivity contribution in [3.8, 4) is 0 Å². The average molecular weight is 809 g/mol. The van der Waals surface area contributed by atoms with Crippen molar-refractivity contribution in [2.45, 2.75) is 229 Å². The molecular formula is C42H80O14. The van der Waals surface area contributed by atoms with Gasteiger partial charge >= 0.3 is 5.97 Å². The van der Waals surface area contributed by atoms with Gasteiger partial charge in [-0.15, -0.1) is 0 Å². The lowest BCUT2D eigenvalue weighted by atomic mass is 9.98. The van der Waals surface area contributed by atoms with Crippen molar-refractivity contribution in [1.82, 2.24) is 0 Å². The molecule has 2 saturated heterocycles. The van der Waals surface area contributed by atoms with Gasteiger partial charge in [0.25, 0.3) is 0 Å². The topological polar surface area (TPSA) is 214 Å². The number of rotatable bonds is 34. The summed E-state index contributed by atoms with van der Waals surface area (Å²) in [6.07, 6.45) is 10.4. The van der Waals surface area contributed by atoms with E-state index in [2.05, 4.69) is 13.8 Å². The van der Waals surface area contributed by atoms with E-state index in [1.54, 1.807) is 0 Å². The minimum absolute atomic E-state index is 0.0688. The van der Waals surface area contributed by atoms with E-state index in [-0.39, 0.29) is 25.6 Å². The molecular weight excluding hydrogens is 728 g/mol. The molecule has 2 rings (SSSR count). The number of aliphatic hydroxyl groups is 7. The Morgan fingerprint density at radius 2 is 0.946 bits per heavy atom. The van der Waals surface area contributed by atoms with Crippen LogP contribution < -0.4 is 0 Å². The predicted molar refractivity (Wildman–Crippen MR) is 211 cm³/mol. The van der Waals surface area contributed by atoms with Gasteiger partial charge in [0.1, 0.15) is 54.9 Å². The van der Waals surface area contributed by atoms with Crippen LogP contribution in [-0.2, 0) is 33.2 Å². The third-order valence-corrected chi connectivity index (χ3v) is 10.9. The Morgan fingerprint density at radius 1 is 0.518 bits per heavy atom. The molecule has 0 aromatic heterocycles. The van der Waals surface area contributed by atoms with Crippen molar-refractivity contribution >= 4 is 5.97 Å². The van der Waals surface area contributed by atoms with Crippen LogP contribution in [0.25, 0.3) is 0 Å². The molecule has 11 unspecified atom stereocenters. The molecule has 0 spiro atoms. The number of esters is 1. The lowest BCUT2D eigenvalue weighted by molar-refractivity contribution is -0.332. The third-order valence-electron chi connectivity index (χ3n) is 10.9. The number of hydrogen-bond donors (Lipinski definition) is 7. The highest BCUT2D eigenvalue weighted by molar-refractivity contribution is 5.69. The molecule has 14 nitrogen and oxygen atoms in total. The van der Waals surface area contributed by atoms with Gasteiger partial charge in [0.2, 0.25) is 0 Å². The van der Waals surface area contributed by atoms with Gasteiger partial charge in [-0.2, -0.15) is 0 Å². The van der Waals surface area contributed by atoms with Crippen LogP contribution in [0, 0.1) is 0 Å². The first kappa shape index (κ1) is 51.1. The quantitative estimate of drug-likeness (QED) is 0.0351. The summed E-state index contributed by atoms with van der Waals surface area (Å²) in [5, 5.41) is 71.7. The minimum atomic E-state index is -1.70. The largest absolute Gasteiger partial charge is 0.457 e. The fourth-order valence-electron chi connectivity index (χ4n) is 7.17. The highest BCUT2D eigenvalue weighted by atomic mass is 16.7. The Bertz CT molecular complexity index is 943. The molecule has 2 heterocycles. The van der Waals surface area contributed by atoms with Crippen LogP contribution >= 0.6 is 0 Å². The summed E-state index contributed by atoms with van der Waals surface area (Å²) < 4.78 is 34.1. The molecule has 11 atom stereocenters. The molecule has 2 aliphatic heterocycles. The molecule has 2 fully saturated rings. The number of carbonyl (C=O) groups excluding carboxylic acids is 1. The average Bonchev–Trinajstić information content (AvgIpc) is 3.19. The fraction of sp³-hybridized carbons (Fsp3) is 0.976. The molecule has 0 amide bonds. The first-order chi connectivity index (χ1) is 27.1. The Morgan fingerprint density at radius 3 is 1.45 bits per heavy atom. The van der Waals surface area contributed by atoms with Crippen molar-refractivity contribution in [1.29, 1.82) is 0 Å². The molecule has 7 N–H and O–H groups in total. The predicted octanol–water partition coefficient (Wildman–Crippen LogP) is 4.57. The van der Waals surface area contributed by atoms with E-state index in [1.807, 2.05) is 0 Å². The highest BCUT2D eigenvalue weighted by Gasteiger charge is 2.47. The molecule has 2 aliphatic rings. The zero-order valence-corrected chi connectivity index (χ0v) is 34.6. The molecule has 0 aromatic rings. The van der Waals surface area contributed by atoms with Crippen molar-refractivity contribution in [3.05, 3.63) is 0 Å². The van der Waals surface area contributed by atoms with E-state index in [4.69, 9.17) is 28.4 Å². The van der Waals surface area contributed by atoms with E-state index in [9.17, 15) is 40.5 Å². The number of carbonyl (C=O) groups is 1. The number of unbranched alkanes of at least 4 members (excludes halogenated alkanes) is 20. The van der Waals surface area contributed by atoms with Crippen molar-refractivity contribution in [2.75, 3.05) is 33.0 Å². The maximum Gasteiger partial charge on any atom is 0.306 e. The smallest absolute Gasteiger partial charge is 0.306 e. The molecule has 0 bridgehead atoms. The van der Waals surface area contributed by atoms with E-state index in [1.165, 1.54) is 96.3 Å². The molecule has 0 saturated carbocycles. The first-order valence-corrected chi connectivity index (χ1v) is 22.1. The summed E-state index contributed by atoms with van der Waals surface area (Å²) >= 11 is 0. The Balaban J connectivity index is 1.82. The minimum Gasteiger partial charge on any atom is -0.457 e. The van der Waals surface area contributed by atoms with Crippen LogP contribution in [0.4, 0.5) is 0 Å². The summed E-state index contributed by atoms with van der Waals surface area (Å²) in [4.78, 5) is 12.8. The van der Waals surface area contributed by atoms with Gasteiger partial charge in [-0.1, -0.05) is 142 Å². The van der Waals surface area contributed by atoms with E-state index in [0.29, 0.717) is 13.0 Å². The molecule has 0 radical (unpaired) electrons. The van der Waals surface area contributed by atoms with Gasteiger partial charge in [0.15, 0.2) is 12.6 Å². The lowest BCUT2D eigenvalue weighted by Gasteiger charge is -2.42. The lowest BCUT2D eigenvalue weighted by Crippen LogP contribution is -2.61. The first-order valence-electron chi connectivity index (χ1n) is 22.1. The van der Waals surface area contributed by atoms with Crippen LogP contribution in [0.2, 0.25) is 0 Å². The van der Waals surface area contributed by atoms with Gasteiger partial charge in [0, 0.05) is 13.0 Å². The third kappa shape index (κ3) is 20.8. The van der Waals surface area contributed by atoms with Crippen LogP contribution in [0.1, 0.15) is 162 Å². The molecule has 332 valence electrons. The zero-order chi connectivity index (χ0) is 41.0. The van der Waals surface area contributed by atoms with Crippen LogP contribution in [0.3, 0.4) is 0 Å². The second kappa shape index (κ2) is 31.9. The summed E-state index contributed by atoms with van der Waals surface area (Å²) in [5.41, 5.74) is 0. The molecule has 14 heteroatoms. The number of hydrogen-bond acceptors (Lipinski definition) is 14. The summed E-state index contributed by atoms with van der Waals surface area (Å²) in [6.45, 7) is 3.67. The van der Waals surface area contributed by atoms with E-state index < -0.39 is 80.7 Å². The van der Waals surface area contributed by atoms with Crippen molar-refractivity contribution in [3.63, 3.8) is 0 Å². The number of ether oxygens (including phenoxy) is 6. The van der Waals surface area contributed by atoms with Crippen LogP contribution in [0.5, 0.6) is 0 Å². The van der Waals surface area contributed by atoms with Gasteiger partial charge in [-0.05, 0) is 12.8 Å². The second-order valence-corrected chi connectivity index (χ2v) is 15.9. The number of aliphatic hydroxyl groups excluding tert-OH is 7. The molecule has 0 aromatic carbocycles. The summed E-state index contributed by atoms with van der Waals surface area (Å²) in [5.74, 6) is -0.377. The molecule has 56 heavy (non-hydrogen) atoms. The molecule has 0 aliphatic carbocycles. The van der Waals surface area contributed by atoms with E-state index in [0.717, 1.165) is 38.5 Å². The Hall–Kier alpha value is -1.01. The zero-order valence-electron chi connectivity index (χ0n) is 34.6. The van der Waals surface area contributed by atoms with Crippen LogP contribution in [0.15, 0.2) is 0 Å². The monoisotopic (exact) mass is 809 g/mol. The SMILES string of the molecule is CCCCCCCCCCCCCCCOCC(COC1OC(COC2OC(CO)C(O)C(O)C2O)C(O)C(O)C1O)OC(=O)CCCCCCCCCCC. The second-order valence-electron chi connectivity index (χ2n) is 15.9. The Labute approximate surface area is 336 Å². The van der Waals surface area contributed by atoms with Gasteiger partial charge in [-0.3, -0.25) is 4.79 Å². The van der Waals surface area contributed by atoms with Crippen molar-refractivity contribution < 1.29 is 69.0 Å². The summed E-state index contributed by atoms with van der Waals surface area (Å²) in [7, 11) is 0. The fourth-order valence-corrected chi connectivity index (χ4v) is 7.17. The van der Waals surface area contributed by atoms with Gasteiger partial charge in [0.05, 0.1) is 26.4 Å². The Kier molecular flexibility index (Phi) is 29.1. The maximum atomic E-state index is 12.8. The standard InChI is InChI=1S/C42H80O14/c1-3-5-7-9-11-13-14-15-16-18-20-22-24-26-51-28-31(54-34(44)25-23-21-19-17-12-10-8-6-4-2)29-52-41-40(50)38(48)36(46)33(56-41)30-53-42-39(49)37(47)35(45)32(27-43)55-42/h31-33,35-43,45-50H,3-30H2,1-2H3.